The Balaban J connectivity index is 1.75. The van der Waals surface area contributed by atoms with E-state index in [0.717, 1.165) is 4.47 Å². The summed E-state index contributed by atoms with van der Waals surface area (Å²) >= 11 is 6.87. The molecule has 0 saturated heterocycles. The van der Waals surface area contributed by atoms with Gasteiger partial charge >= 0.3 is 5.97 Å². The van der Waals surface area contributed by atoms with Gasteiger partial charge in [-0.25, -0.2) is 9.78 Å². The maximum Gasteiger partial charge on any atom is 0.343 e. The lowest BCUT2D eigenvalue weighted by Gasteiger charge is -2.11. The number of rotatable bonds is 4. The molecule has 31 heavy (non-hydrogen) atoms. The van der Waals surface area contributed by atoms with E-state index in [1.165, 1.54) is 10.9 Å². The molecule has 6 nitrogen and oxygen atoms in total. The Kier molecular flexibility index (Phi) is 6.11. The number of nitrogens with zero attached hydrogens (tertiary/aromatic N) is 3. The van der Waals surface area contributed by atoms with E-state index in [4.69, 9.17) is 4.74 Å². The van der Waals surface area contributed by atoms with Crippen LogP contribution in [0, 0.1) is 6.92 Å². The largest absolute Gasteiger partial charge is 0.421 e. The first-order valence-corrected chi connectivity index (χ1v) is 10.8. The fraction of sp³-hybridized carbons (Fsp3) is 0.0435. The average molecular weight is 541 g/mol. The van der Waals surface area contributed by atoms with Gasteiger partial charge in [0, 0.05) is 10.0 Å². The first-order valence-electron chi connectivity index (χ1n) is 9.23. The molecule has 0 radical (unpaired) electrons. The standard InChI is InChI=1S/C23H15Br2N3O3/c1-14-27-20-10-6-5-9-18(20)22(29)28(14)26-13-16-11-17(24)12-19(25)21(16)31-23(30)15-7-3-2-4-8-15/h2-13H,1H3. The average Bonchev–Trinajstić information content (AvgIpc) is 2.76. The van der Waals surface area contributed by atoms with Gasteiger partial charge in [-0.3, -0.25) is 4.79 Å². The number of esters is 1. The summed E-state index contributed by atoms with van der Waals surface area (Å²) in [5.74, 6) is 0.232. The molecule has 1 heterocycles. The Bertz CT molecular complexity index is 1380. The van der Waals surface area contributed by atoms with E-state index in [1.807, 2.05) is 12.1 Å². The summed E-state index contributed by atoms with van der Waals surface area (Å²) in [6.07, 6.45) is 1.47. The molecular formula is C23H15Br2N3O3. The fourth-order valence-electron chi connectivity index (χ4n) is 3.00. The molecule has 0 atom stereocenters. The van der Waals surface area contributed by atoms with Crippen LogP contribution >= 0.6 is 31.9 Å². The van der Waals surface area contributed by atoms with Crippen molar-refractivity contribution in [2.45, 2.75) is 6.92 Å². The summed E-state index contributed by atoms with van der Waals surface area (Å²) < 4.78 is 8.17. The molecule has 154 valence electrons. The first-order chi connectivity index (χ1) is 14.9. The van der Waals surface area contributed by atoms with Crippen LogP contribution in [0.5, 0.6) is 5.75 Å². The summed E-state index contributed by atoms with van der Waals surface area (Å²) in [6, 6.07) is 19.3. The van der Waals surface area contributed by atoms with E-state index in [-0.39, 0.29) is 5.56 Å². The highest BCUT2D eigenvalue weighted by molar-refractivity contribution is 9.11. The Morgan fingerprint density at radius 2 is 1.77 bits per heavy atom. The van der Waals surface area contributed by atoms with E-state index in [2.05, 4.69) is 41.9 Å². The maximum atomic E-state index is 12.9. The number of carbonyl (C=O) groups is 1. The number of fused-ring (bicyclic) bond motifs is 1. The smallest absolute Gasteiger partial charge is 0.343 e. The van der Waals surface area contributed by atoms with Crippen molar-refractivity contribution in [1.29, 1.82) is 0 Å². The van der Waals surface area contributed by atoms with Crippen molar-refractivity contribution in [3.05, 3.63) is 103 Å². The number of aromatic nitrogens is 2. The minimum absolute atomic E-state index is 0.281. The second-order valence-corrected chi connectivity index (χ2v) is 8.37. The van der Waals surface area contributed by atoms with Crippen LogP contribution in [-0.2, 0) is 0 Å². The quantitative estimate of drug-likeness (QED) is 0.199. The van der Waals surface area contributed by atoms with Crippen LogP contribution in [0.2, 0.25) is 0 Å². The third kappa shape index (κ3) is 4.50. The van der Waals surface area contributed by atoms with Crippen LogP contribution in [0.4, 0.5) is 0 Å². The highest BCUT2D eigenvalue weighted by Crippen LogP contribution is 2.32. The summed E-state index contributed by atoms with van der Waals surface area (Å²) in [6.45, 7) is 1.71. The molecule has 0 saturated carbocycles. The third-order valence-electron chi connectivity index (χ3n) is 4.47. The summed E-state index contributed by atoms with van der Waals surface area (Å²) in [4.78, 5) is 29.9. The highest BCUT2D eigenvalue weighted by Gasteiger charge is 2.15. The number of halogens is 2. The Labute approximate surface area is 194 Å². The van der Waals surface area contributed by atoms with E-state index in [1.54, 1.807) is 61.5 Å². The van der Waals surface area contributed by atoms with Crippen LogP contribution in [0.15, 0.2) is 85.6 Å². The molecule has 4 rings (SSSR count). The Hall–Kier alpha value is -3.10. The predicted molar refractivity (Wildman–Crippen MR) is 127 cm³/mol. The Morgan fingerprint density at radius 3 is 2.55 bits per heavy atom. The zero-order valence-corrected chi connectivity index (χ0v) is 19.4. The van der Waals surface area contributed by atoms with E-state index in [0.29, 0.717) is 38.1 Å². The molecule has 0 amide bonds. The monoisotopic (exact) mass is 539 g/mol. The van der Waals surface area contributed by atoms with Gasteiger partial charge in [0.05, 0.1) is 27.2 Å². The number of benzene rings is 3. The molecule has 0 spiro atoms. The van der Waals surface area contributed by atoms with Gasteiger partial charge in [-0.05, 0) is 59.3 Å². The number of hydrogen-bond donors (Lipinski definition) is 0. The normalized spacial score (nSPS) is 11.2. The molecule has 8 heteroatoms. The number of carbonyl (C=O) groups excluding carboxylic acids is 1. The van der Waals surface area contributed by atoms with Crippen LogP contribution in [0.1, 0.15) is 21.7 Å². The molecule has 0 aliphatic carbocycles. The number of ether oxygens (including phenoxy) is 1. The minimum Gasteiger partial charge on any atom is -0.421 e. The van der Waals surface area contributed by atoms with Crippen molar-refractivity contribution < 1.29 is 9.53 Å². The van der Waals surface area contributed by atoms with Crippen LogP contribution in [-0.4, -0.2) is 21.8 Å². The van der Waals surface area contributed by atoms with Crippen molar-refractivity contribution >= 4 is 54.9 Å². The zero-order valence-electron chi connectivity index (χ0n) is 16.3. The third-order valence-corrected chi connectivity index (χ3v) is 5.52. The molecule has 4 aromatic rings. The van der Waals surface area contributed by atoms with Crippen molar-refractivity contribution in [3.63, 3.8) is 0 Å². The zero-order chi connectivity index (χ0) is 22.0. The number of para-hydroxylation sites is 1. The number of aryl methyl sites for hydroxylation is 1. The lowest BCUT2D eigenvalue weighted by atomic mass is 10.2. The topological polar surface area (TPSA) is 73.6 Å². The van der Waals surface area contributed by atoms with Gasteiger partial charge in [0.15, 0.2) is 5.75 Å². The lowest BCUT2D eigenvalue weighted by molar-refractivity contribution is 0.0733. The second kappa shape index (κ2) is 8.95. The van der Waals surface area contributed by atoms with Crippen molar-refractivity contribution in [2.75, 3.05) is 0 Å². The molecule has 0 unspecified atom stereocenters. The summed E-state index contributed by atoms with van der Waals surface area (Å²) in [5, 5.41) is 4.80. The lowest BCUT2D eigenvalue weighted by Crippen LogP contribution is -2.20. The van der Waals surface area contributed by atoms with Gasteiger partial charge in [0.25, 0.3) is 5.56 Å². The van der Waals surface area contributed by atoms with Crippen molar-refractivity contribution in [2.24, 2.45) is 5.10 Å². The van der Waals surface area contributed by atoms with E-state index in [9.17, 15) is 9.59 Å². The van der Waals surface area contributed by atoms with Crippen LogP contribution in [0.25, 0.3) is 10.9 Å². The summed E-state index contributed by atoms with van der Waals surface area (Å²) in [7, 11) is 0. The van der Waals surface area contributed by atoms with Gasteiger partial charge < -0.3 is 4.74 Å². The van der Waals surface area contributed by atoms with Gasteiger partial charge in [-0.15, -0.1) is 0 Å². The van der Waals surface area contributed by atoms with Gasteiger partial charge in [0.2, 0.25) is 0 Å². The maximum absolute atomic E-state index is 12.9. The molecule has 0 N–H and O–H groups in total. The van der Waals surface area contributed by atoms with Crippen LogP contribution in [0.3, 0.4) is 0 Å². The molecule has 0 aliphatic heterocycles. The van der Waals surface area contributed by atoms with Crippen molar-refractivity contribution in [3.8, 4) is 5.75 Å². The van der Waals surface area contributed by atoms with E-state index < -0.39 is 5.97 Å². The Morgan fingerprint density at radius 1 is 1.06 bits per heavy atom. The highest BCUT2D eigenvalue weighted by atomic mass is 79.9. The SMILES string of the molecule is Cc1nc2ccccc2c(=O)n1N=Cc1cc(Br)cc(Br)c1OC(=O)c1ccccc1. The number of hydrogen-bond acceptors (Lipinski definition) is 5. The molecule has 0 fully saturated rings. The van der Waals surface area contributed by atoms with Gasteiger partial charge in [0.1, 0.15) is 5.82 Å². The molecular weight excluding hydrogens is 526 g/mol. The van der Waals surface area contributed by atoms with Gasteiger partial charge in [-0.2, -0.15) is 9.78 Å². The second-order valence-electron chi connectivity index (χ2n) is 6.60. The van der Waals surface area contributed by atoms with Gasteiger partial charge in [-0.1, -0.05) is 46.3 Å². The van der Waals surface area contributed by atoms with E-state index >= 15 is 0 Å². The van der Waals surface area contributed by atoms with Crippen molar-refractivity contribution in [1.82, 2.24) is 9.66 Å². The first kappa shape index (κ1) is 21.1. The molecule has 1 aromatic heterocycles. The summed E-state index contributed by atoms with van der Waals surface area (Å²) in [5.41, 5.74) is 1.26. The minimum atomic E-state index is -0.501. The molecule has 0 aliphatic rings. The molecule has 0 bridgehead atoms. The van der Waals surface area contributed by atoms with Crippen LogP contribution < -0.4 is 10.3 Å². The predicted octanol–water partition coefficient (Wildman–Crippen LogP) is 5.33. The molecule has 3 aromatic carbocycles. The fourth-order valence-corrected chi connectivity index (χ4v) is 4.34.